The van der Waals surface area contributed by atoms with Gasteiger partial charge in [0.25, 0.3) is 5.91 Å². The van der Waals surface area contributed by atoms with Crippen molar-refractivity contribution in [3.63, 3.8) is 0 Å². The van der Waals surface area contributed by atoms with E-state index >= 15 is 0 Å². The standard InChI is InChI=1S/C16H18N2O6/c17-14(19)9-18-15(20)10-24-16(21)5-3-11-2-4-12-13(8-11)23-7-1-6-22-12/h2-5,8H,1,6-7,9-10H2,(H2,17,19)(H,18,20)/b5-3+. The minimum Gasteiger partial charge on any atom is -0.490 e. The van der Waals surface area contributed by atoms with E-state index in [0.29, 0.717) is 24.7 Å². The molecule has 0 spiro atoms. The Balaban J connectivity index is 1.84. The zero-order valence-corrected chi connectivity index (χ0v) is 12.9. The lowest BCUT2D eigenvalue weighted by molar-refractivity contribution is -0.143. The molecular formula is C16H18N2O6. The first-order chi connectivity index (χ1) is 11.5. The summed E-state index contributed by atoms with van der Waals surface area (Å²) in [6.45, 7) is 0.385. The van der Waals surface area contributed by atoms with Crippen LogP contribution in [0.3, 0.4) is 0 Å². The van der Waals surface area contributed by atoms with E-state index in [4.69, 9.17) is 19.9 Å². The minimum absolute atomic E-state index is 0.302. The van der Waals surface area contributed by atoms with Gasteiger partial charge in [-0.25, -0.2) is 4.79 Å². The van der Waals surface area contributed by atoms with Crippen molar-refractivity contribution in [2.45, 2.75) is 6.42 Å². The van der Waals surface area contributed by atoms with Crippen molar-refractivity contribution in [1.82, 2.24) is 5.32 Å². The maximum Gasteiger partial charge on any atom is 0.331 e. The third-order valence-electron chi connectivity index (χ3n) is 2.99. The molecule has 0 unspecified atom stereocenters. The Bertz CT molecular complexity index is 656. The van der Waals surface area contributed by atoms with Crippen LogP contribution in [0.5, 0.6) is 11.5 Å². The Hall–Kier alpha value is -3.03. The van der Waals surface area contributed by atoms with Gasteiger partial charge in [0.2, 0.25) is 5.91 Å². The quantitative estimate of drug-likeness (QED) is 0.559. The molecule has 0 bridgehead atoms. The average molecular weight is 334 g/mol. The van der Waals surface area contributed by atoms with Crippen LogP contribution in [0.2, 0.25) is 0 Å². The van der Waals surface area contributed by atoms with Gasteiger partial charge in [-0.1, -0.05) is 6.07 Å². The SMILES string of the molecule is NC(=O)CNC(=O)COC(=O)/C=C/c1ccc2c(c1)OCCCO2. The molecule has 0 saturated heterocycles. The maximum absolute atomic E-state index is 11.6. The van der Waals surface area contributed by atoms with E-state index in [0.717, 1.165) is 12.0 Å². The zero-order chi connectivity index (χ0) is 17.4. The Morgan fingerprint density at radius 1 is 1.21 bits per heavy atom. The predicted octanol–water partition coefficient (Wildman–Crippen LogP) is 0.00580. The molecule has 0 saturated carbocycles. The fourth-order valence-corrected chi connectivity index (χ4v) is 1.87. The first-order valence-electron chi connectivity index (χ1n) is 7.34. The molecule has 1 aliphatic heterocycles. The lowest BCUT2D eigenvalue weighted by atomic mass is 10.2. The van der Waals surface area contributed by atoms with Crippen LogP contribution in [0, 0.1) is 0 Å². The molecule has 1 aromatic carbocycles. The number of ether oxygens (including phenoxy) is 3. The van der Waals surface area contributed by atoms with Gasteiger partial charge < -0.3 is 25.3 Å². The van der Waals surface area contributed by atoms with Crippen LogP contribution in [-0.4, -0.2) is 44.1 Å². The van der Waals surface area contributed by atoms with E-state index in [9.17, 15) is 14.4 Å². The predicted molar refractivity (Wildman–Crippen MR) is 84.2 cm³/mol. The molecule has 8 nitrogen and oxygen atoms in total. The number of esters is 1. The fraction of sp³-hybridized carbons (Fsp3) is 0.312. The number of nitrogens with two attached hydrogens (primary N) is 1. The highest BCUT2D eigenvalue weighted by Crippen LogP contribution is 2.30. The number of benzene rings is 1. The zero-order valence-electron chi connectivity index (χ0n) is 12.9. The number of amides is 2. The molecule has 1 aliphatic rings. The van der Waals surface area contributed by atoms with Crippen molar-refractivity contribution >= 4 is 23.9 Å². The molecule has 0 aliphatic carbocycles. The molecule has 3 N–H and O–H groups in total. The Morgan fingerprint density at radius 3 is 2.71 bits per heavy atom. The van der Waals surface area contributed by atoms with Crippen molar-refractivity contribution in [3.8, 4) is 11.5 Å². The second-order valence-electron chi connectivity index (χ2n) is 4.94. The topological polar surface area (TPSA) is 117 Å². The lowest BCUT2D eigenvalue weighted by Crippen LogP contribution is -2.35. The van der Waals surface area contributed by atoms with Gasteiger partial charge in [-0.15, -0.1) is 0 Å². The van der Waals surface area contributed by atoms with Crippen LogP contribution in [0.4, 0.5) is 0 Å². The summed E-state index contributed by atoms with van der Waals surface area (Å²) in [4.78, 5) is 33.3. The van der Waals surface area contributed by atoms with Crippen LogP contribution in [0.25, 0.3) is 6.08 Å². The molecule has 1 heterocycles. The molecule has 0 radical (unpaired) electrons. The smallest absolute Gasteiger partial charge is 0.331 e. The number of rotatable bonds is 6. The van der Waals surface area contributed by atoms with Crippen molar-refractivity contribution in [3.05, 3.63) is 29.8 Å². The molecule has 8 heteroatoms. The molecule has 2 rings (SSSR count). The second kappa shape index (κ2) is 8.56. The van der Waals surface area contributed by atoms with Crippen LogP contribution < -0.4 is 20.5 Å². The number of carbonyl (C=O) groups excluding carboxylic acids is 3. The van der Waals surface area contributed by atoms with Crippen LogP contribution in [-0.2, 0) is 19.1 Å². The summed E-state index contributed by atoms with van der Waals surface area (Å²) < 4.78 is 15.8. The molecule has 128 valence electrons. The highest BCUT2D eigenvalue weighted by Gasteiger charge is 2.10. The van der Waals surface area contributed by atoms with Gasteiger partial charge in [0.05, 0.1) is 19.8 Å². The number of nitrogens with one attached hydrogen (secondary N) is 1. The number of carbonyl (C=O) groups is 3. The van der Waals surface area contributed by atoms with Crippen LogP contribution in [0.1, 0.15) is 12.0 Å². The first kappa shape index (κ1) is 17.3. The van der Waals surface area contributed by atoms with Gasteiger partial charge in [-0.3, -0.25) is 9.59 Å². The summed E-state index contributed by atoms with van der Waals surface area (Å²) in [7, 11) is 0. The highest BCUT2D eigenvalue weighted by atomic mass is 16.5. The third-order valence-corrected chi connectivity index (χ3v) is 2.99. The Kier molecular flexibility index (Phi) is 6.18. The highest BCUT2D eigenvalue weighted by molar-refractivity contribution is 5.90. The van der Waals surface area contributed by atoms with Crippen molar-refractivity contribution in [2.24, 2.45) is 5.73 Å². The van der Waals surface area contributed by atoms with Crippen LogP contribution >= 0.6 is 0 Å². The van der Waals surface area contributed by atoms with Gasteiger partial charge in [0, 0.05) is 12.5 Å². The largest absolute Gasteiger partial charge is 0.490 e. The number of hydrogen-bond donors (Lipinski definition) is 2. The maximum atomic E-state index is 11.6. The molecule has 0 atom stereocenters. The monoisotopic (exact) mass is 334 g/mol. The Morgan fingerprint density at radius 2 is 1.96 bits per heavy atom. The number of hydrogen-bond acceptors (Lipinski definition) is 6. The normalized spacial score (nSPS) is 13.2. The summed E-state index contributed by atoms with van der Waals surface area (Å²) in [5.74, 6) is -0.682. The van der Waals surface area contributed by atoms with E-state index in [1.807, 2.05) is 0 Å². The second-order valence-corrected chi connectivity index (χ2v) is 4.94. The number of primary amides is 1. The summed E-state index contributed by atoms with van der Waals surface area (Å²) in [6.07, 6.45) is 3.54. The van der Waals surface area contributed by atoms with Gasteiger partial charge in [-0.2, -0.15) is 0 Å². The molecule has 0 fully saturated rings. The fourth-order valence-electron chi connectivity index (χ4n) is 1.87. The van der Waals surface area contributed by atoms with Crippen molar-refractivity contribution in [1.29, 1.82) is 0 Å². The summed E-state index contributed by atoms with van der Waals surface area (Å²) in [6, 6.07) is 5.30. The van der Waals surface area contributed by atoms with Crippen LogP contribution in [0.15, 0.2) is 24.3 Å². The van der Waals surface area contributed by atoms with Crippen molar-refractivity contribution in [2.75, 3.05) is 26.4 Å². The molecule has 0 aromatic heterocycles. The lowest BCUT2D eigenvalue weighted by Gasteiger charge is -2.07. The van der Waals surface area contributed by atoms with Gasteiger partial charge in [-0.05, 0) is 23.8 Å². The van der Waals surface area contributed by atoms with E-state index in [1.165, 1.54) is 12.2 Å². The molecule has 24 heavy (non-hydrogen) atoms. The average Bonchev–Trinajstić information content (AvgIpc) is 2.81. The summed E-state index contributed by atoms with van der Waals surface area (Å²) >= 11 is 0. The van der Waals surface area contributed by atoms with Gasteiger partial charge >= 0.3 is 5.97 Å². The third kappa shape index (κ3) is 5.64. The Labute approximate surface area is 138 Å². The van der Waals surface area contributed by atoms with Gasteiger partial charge in [0.15, 0.2) is 18.1 Å². The van der Waals surface area contributed by atoms with E-state index < -0.39 is 24.4 Å². The summed E-state index contributed by atoms with van der Waals surface area (Å²) in [5.41, 5.74) is 5.61. The molecule has 1 aromatic rings. The van der Waals surface area contributed by atoms with E-state index in [1.54, 1.807) is 18.2 Å². The first-order valence-corrected chi connectivity index (χ1v) is 7.34. The van der Waals surface area contributed by atoms with E-state index in [-0.39, 0.29) is 6.54 Å². The molecule has 2 amide bonds. The van der Waals surface area contributed by atoms with Crippen molar-refractivity contribution < 1.29 is 28.6 Å². The van der Waals surface area contributed by atoms with E-state index in [2.05, 4.69) is 5.32 Å². The number of fused-ring (bicyclic) bond motifs is 1. The molecular weight excluding hydrogens is 316 g/mol. The minimum atomic E-state index is -0.684. The van der Waals surface area contributed by atoms with Gasteiger partial charge in [0.1, 0.15) is 0 Å². The summed E-state index contributed by atoms with van der Waals surface area (Å²) in [5, 5.41) is 2.21.